The molecular formula is C14H14N4. The number of pyridine rings is 1. The minimum Gasteiger partial charge on any atom is -0.397 e. The lowest BCUT2D eigenvalue weighted by Crippen LogP contribution is -1.99. The maximum atomic E-state index is 5.97. The molecule has 0 bridgehead atoms. The summed E-state index contributed by atoms with van der Waals surface area (Å²) in [5.74, 6) is 0.803. The van der Waals surface area contributed by atoms with Gasteiger partial charge in [0.05, 0.1) is 16.7 Å². The van der Waals surface area contributed by atoms with Gasteiger partial charge in [0.15, 0.2) is 5.82 Å². The average Bonchev–Trinajstić information content (AvgIpc) is 2.69. The number of hydrogen-bond donors (Lipinski definition) is 1. The third kappa shape index (κ3) is 1.46. The van der Waals surface area contributed by atoms with Crippen molar-refractivity contribution in [3.8, 4) is 11.5 Å². The van der Waals surface area contributed by atoms with Gasteiger partial charge in [-0.3, -0.25) is 4.98 Å². The number of benzene rings is 1. The molecular weight excluding hydrogens is 224 g/mol. The fourth-order valence-corrected chi connectivity index (χ4v) is 2.28. The summed E-state index contributed by atoms with van der Waals surface area (Å²) in [4.78, 5) is 8.95. The van der Waals surface area contributed by atoms with Crippen LogP contribution >= 0.6 is 0 Å². The second kappa shape index (κ2) is 3.84. The normalized spacial score (nSPS) is 11.0. The van der Waals surface area contributed by atoms with Crippen molar-refractivity contribution in [1.29, 1.82) is 0 Å². The van der Waals surface area contributed by atoms with E-state index in [1.165, 1.54) is 5.56 Å². The number of nitrogens with zero attached hydrogens (tertiary/aromatic N) is 3. The van der Waals surface area contributed by atoms with E-state index in [-0.39, 0.29) is 0 Å². The van der Waals surface area contributed by atoms with E-state index < -0.39 is 0 Å². The highest BCUT2D eigenvalue weighted by Crippen LogP contribution is 2.27. The first-order valence-corrected chi connectivity index (χ1v) is 5.81. The molecule has 2 heterocycles. The molecule has 18 heavy (non-hydrogen) atoms. The van der Waals surface area contributed by atoms with Crippen molar-refractivity contribution in [3.63, 3.8) is 0 Å². The number of para-hydroxylation sites is 1. The Hall–Kier alpha value is -2.36. The van der Waals surface area contributed by atoms with Gasteiger partial charge in [-0.1, -0.05) is 12.1 Å². The molecule has 0 aliphatic rings. The summed E-state index contributed by atoms with van der Waals surface area (Å²) >= 11 is 0. The molecule has 3 rings (SSSR count). The van der Waals surface area contributed by atoms with Crippen molar-refractivity contribution in [2.45, 2.75) is 6.92 Å². The monoisotopic (exact) mass is 238 g/mol. The summed E-state index contributed by atoms with van der Waals surface area (Å²) in [6.45, 7) is 2.08. The Balaban J connectivity index is 2.35. The Morgan fingerprint density at radius 2 is 2.00 bits per heavy atom. The Morgan fingerprint density at radius 3 is 2.72 bits per heavy atom. The Labute approximate surface area is 105 Å². The van der Waals surface area contributed by atoms with Crippen LogP contribution in [0.25, 0.3) is 22.6 Å². The van der Waals surface area contributed by atoms with Gasteiger partial charge in [-0.15, -0.1) is 0 Å². The lowest BCUT2D eigenvalue weighted by Gasteiger charge is -2.05. The zero-order chi connectivity index (χ0) is 12.7. The van der Waals surface area contributed by atoms with Crippen LogP contribution in [0.1, 0.15) is 5.56 Å². The van der Waals surface area contributed by atoms with E-state index in [9.17, 15) is 0 Å². The standard InChI is InChI=1S/C14H14N4/c1-9-5-3-7-11-13(9)18(2)14(17-11)12-10(15)6-4-8-16-12/h3-8H,15H2,1-2H3. The van der Waals surface area contributed by atoms with Crippen LogP contribution in [-0.4, -0.2) is 14.5 Å². The van der Waals surface area contributed by atoms with Crippen molar-refractivity contribution in [2.24, 2.45) is 7.05 Å². The Kier molecular flexibility index (Phi) is 2.30. The number of anilines is 1. The summed E-state index contributed by atoms with van der Waals surface area (Å²) < 4.78 is 2.04. The highest BCUT2D eigenvalue weighted by molar-refractivity contribution is 5.84. The fourth-order valence-electron chi connectivity index (χ4n) is 2.28. The molecule has 0 unspecified atom stereocenters. The van der Waals surface area contributed by atoms with Crippen LogP contribution in [0.3, 0.4) is 0 Å². The molecule has 0 aliphatic carbocycles. The number of hydrogen-bond acceptors (Lipinski definition) is 3. The first kappa shape index (κ1) is 10.8. The third-order valence-corrected chi connectivity index (χ3v) is 3.15. The van der Waals surface area contributed by atoms with Gasteiger partial charge in [-0.05, 0) is 30.7 Å². The van der Waals surface area contributed by atoms with Gasteiger partial charge in [-0.25, -0.2) is 4.98 Å². The molecule has 4 nitrogen and oxygen atoms in total. The van der Waals surface area contributed by atoms with E-state index in [1.807, 2.05) is 35.9 Å². The number of fused-ring (bicyclic) bond motifs is 1. The molecule has 0 saturated heterocycles. The van der Waals surface area contributed by atoms with Crippen molar-refractivity contribution in [3.05, 3.63) is 42.1 Å². The number of rotatable bonds is 1. The molecule has 1 aromatic carbocycles. The van der Waals surface area contributed by atoms with E-state index in [0.717, 1.165) is 22.6 Å². The molecule has 3 aromatic rings. The minimum absolute atomic E-state index is 0.647. The van der Waals surface area contributed by atoms with Crippen LogP contribution < -0.4 is 5.73 Å². The van der Waals surface area contributed by atoms with Crippen LogP contribution in [-0.2, 0) is 7.05 Å². The van der Waals surface area contributed by atoms with E-state index in [2.05, 4.69) is 23.0 Å². The quantitative estimate of drug-likeness (QED) is 0.708. The van der Waals surface area contributed by atoms with Gasteiger partial charge in [0.1, 0.15) is 5.69 Å². The summed E-state index contributed by atoms with van der Waals surface area (Å²) in [5.41, 5.74) is 10.6. The number of aryl methyl sites for hydroxylation is 2. The smallest absolute Gasteiger partial charge is 0.161 e. The van der Waals surface area contributed by atoms with Crippen LogP contribution in [0.5, 0.6) is 0 Å². The molecule has 2 N–H and O–H groups in total. The molecule has 0 spiro atoms. The first-order valence-electron chi connectivity index (χ1n) is 5.81. The van der Waals surface area contributed by atoms with Gasteiger partial charge < -0.3 is 10.3 Å². The molecule has 0 atom stereocenters. The van der Waals surface area contributed by atoms with Gasteiger partial charge in [0.25, 0.3) is 0 Å². The molecule has 90 valence electrons. The number of imidazole rings is 1. The lowest BCUT2D eigenvalue weighted by atomic mass is 10.2. The third-order valence-electron chi connectivity index (χ3n) is 3.15. The van der Waals surface area contributed by atoms with Gasteiger partial charge in [0, 0.05) is 13.2 Å². The molecule has 0 aliphatic heterocycles. The predicted molar refractivity (Wildman–Crippen MR) is 73.1 cm³/mol. The summed E-state index contributed by atoms with van der Waals surface area (Å²) in [5, 5.41) is 0. The van der Waals surface area contributed by atoms with Crippen molar-refractivity contribution in [1.82, 2.24) is 14.5 Å². The van der Waals surface area contributed by atoms with Crippen molar-refractivity contribution < 1.29 is 0 Å². The predicted octanol–water partition coefficient (Wildman–Crippen LogP) is 2.53. The molecule has 0 radical (unpaired) electrons. The maximum absolute atomic E-state index is 5.97. The SMILES string of the molecule is Cc1cccc2nc(-c3ncccc3N)n(C)c12. The summed E-state index contributed by atoms with van der Waals surface area (Å²) in [7, 11) is 1.99. The first-order chi connectivity index (χ1) is 8.68. The topological polar surface area (TPSA) is 56.7 Å². The highest BCUT2D eigenvalue weighted by Gasteiger charge is 2.14. The van der Waals surface area contributed by atoms with Gasteiger partial charge in [-0.2, -0.15) is 0 Å². The fraction of sp³-hybridized carbons (Fsp3) is 0.143. The second-order valence-electron chi connectivity index (χ2n) is 4.38. The van der Waals surface area contributed by atoms with E-state index >= 15 is 0 Å². The van der Waals surface area contributed by atoms with Crippen LogP contribution in [0.15, 0.2) is 36.5 Å². The maximum Gasteiger partial charge on any atom is 0.161 e. The molecule has 2 aromatic heterocycles. The Bertz CT molecular complexity index is 728. The lowest BCUT2D eigenvalue weighted by molar-refractivity contribution is 0.947. The van der Waals surface area contributed by atoms with Gasteiger partial charge in [0.2, 0.25) is 0 Å². The summed E-state index contributed by atoms with van der Waals surface area (Å²) in [6.07, 6.45) is 1.73. The van der Waals surface area contributed by atoms with E-state index in [1.54, 1.807) is 6.20 Å². The van der Waals surface area contributed by atoms with Crippen molar-refractivity contribution >= 4 is 16.7 Å². The average molecular weight is 238 g/mol. The second-order valence-corrected chi connectivity index (χ2v) is 4.38. The van der Waals surface area contributed by atoms with Crippen LogP contribution in [0, 0.1) is 6.92 Å². The number of aromatic nitrogens is 3. The number of nitrogen functional groups attached to an aromatic ring is 1. The van der Waals surface area contributed by atoms with Crippen molar-refractivity contribution in [2.75, 3.05) is 5.73 Å². The highest BCUT2D eigenvalue weighted by atomic mass is 15.1. The van der Waals surface area contributed by atoms with Crippen LogP contribution in [0.2, 0.25) is 0 Å². The Morgan fingerprint density at radius 1 is 1.17 bits per heavy atom. The minimum atomic E-state index is 0.647. The number of nitrogens with two attached hydrogens (primary N) is 1. The molecule has 0 amide bonds. The molecule has 4 heteroatoms. The zero-order valence-electron chi connectivity index (χ0n) is 10.4. The van der Waals surface area contributed by atoms with Gasteiger partial charge >= 0.3 is 0 Å². The summed E-state index contributed by atoms with van der Waals surface area (Å²) in [6, 6.07) is 9.76. The molecule has 0 fully saturated rings. The zero-order valence-corrected chi connectivity index (χ0v) is 10.4. The van der Waals surface area contributed by atoms with Crippen LogP contribution in [0.4, 0.5) is 5.69 Å². The van der Waals surface area contributed by atoms with E-state index in [4.69, 9.17) is 5.73 Å². The largest absolute Gasteiger partial charge is 0.397 e. The molecule has 0 saturated carbocycles. The van der Waals surface area contributed by atoms with E-state index in [0.29, 0.717) is 5.69 Å².